The number of aryl methyl sites for hydroxylation is 1. The molecular formula is C11H15NO2S. The summed E-state index contributed by atoms with van der Waals surface area (Å²) in [5.74, 6) is 0.130. The molecule has 0 bridgehead atoms. The lowest BCUT2D eigenvalue weighted by atomic mass is 10.2. The van der Waals surface area contributed by atoms with E-state index in [1.54, 1.807) is 24.3 Å². The Balaban J connectivity index is 3.02. The van der Waals surface area contributed by atoms with Gasteiger partial charge in [0.15, 0.2) is 0 Å². The van der Waals surface area contributed by atoms with E-state index in [-0.39, 0.29) is 10.8 Å². The summed E-state index contributed by atoms with van der Waals surface area (Å²) in [5.41, 5.74) is 1.03. The molecule has 0 saturated carbocycles. The maximum atomic E-state index is 11.7. The van der Waals surface area contributed by atoms with Crippen molar-refractivity contribution in [2.24, 2.45) is 10.3 Å². The van der Waals surface area contributed by atoms with Crippen LogP contribution >= 0.6 is 0 Å². The molecule has 15 heavy (non-hydrogen) atoms. The first-order chi connectivity index (χ1) is 6.92. The average molecular weight is 225 g/mol. The van der Waals surface area contributed by atoms with E-state index in [1.807, 2.05) is 20.8 Å². The zero-order valence-corrected chi connectivity index (χ0v) is 9.95. The van der Waals surface area contributed by atoms with E-state index in [9.17, 15) is 8.42 Å². The van der Waals surface area contributed by atoms with Crippen molar-refractivity contribution in [2.45, 2.75) is 25.7 Å². The minimum absolute atomic E-state index is 0.130. The van der Waals surface area contributed by atoms with Gasteiger partial charge in [-0.25, -0.2) is 0 Å². The van der Waals surface area contributed by atoms with Gasteiger partial charge in [-0.15, -0.1) is 0 Å². The van der Waals surface area contributed by atoms with E-state index < -0.39 is 10.0 Å². The van der Waals surface area contributed by atoms with E-state index in [0.717, 1.165) is 5.56 Å². The van der Waals surface area contributed by atoms with Gasteiger partial charge in [-0.1, -0.05) is 31.5 Å². The molecule has 0 aromatic heterocycles. The van der Waals surface area contributed by atoms with E-state index in [4.69, 9.17) is 0 Å². The highest BCUT2D eigenvalue weighted by atomic mass is 32.2. The molecule has 0 atom stereocenters. The van der Waals surface area contributed by atoms with E-state index in [0.29, 0.717) is 0 Å². The molecule has 3 nitrogen and oxygen atoms in total. The topological polar surface area (TPSA) is 46.5 Å². The molecule has 0 radical (unpaired) electrons. The summed E-state index contributed by atoms with van der Waals surface area (Å²) in [7, 11) is -3.50. The van der Waals surface area contributed by atoms with Crippen molar-refractivity contribution in [1.82, 2.24) is 0 Å². The fourth-order valence-electron chi connectivity index (χ4n) is 0.973. The number of hydrogen-bond donors (Lipinski definition) is 0. The van der Waals surface area contributed by atoms with Crippen LogP contribution in [0.25, 0.3) is 0 Å². The van der Waals surface area contributed by atoms with Crippen molar-refractivity contribution in [3.05, 3.63) is 29.8 Å². The smallest absolute Gasteiger partial charge is 0.199 e. The predicted octanol–water partition coefficient (Wildman–Crippen LogP) is 2.41. The van der Waals surface area contributed by atoms with Crippen LogP contribution in [-0.2, 0) is 10.0 Å². The van der Waals surface area contributed by atoms with Gasteiger partial charge in [-0.2, -0.15) is 12.8 Å². The number of benzene rings is 1. The summed E-state index contributed by atoms with van der Waals surface area (Å²) in [6.07, 6.45) is 1.44. The summed E-state index contributed by atoms with van der Waals surface area (Å²) >= 11 is 0. The Morgan fingerprint density at radius 2 is 1.73 bits per heavy atom. The zero-order valence-electron chi connectivity index (χ0n) is 9.14. The lowest BCUT2D eigenvalue weighted by molar-refractivity contribution is 0.598. The Morgan fingerprint density at radius 3 is 2.20 bits per heavy atom. The predicted molar refractivity (Wildman–Crippen MR) is 61.7 cm³/mol. The van der Waals surface area contributed by atoms with E-state index >= 15 is 0 Å². The minimum Gasteiger partial charge on any atom is -0.199 e. The van der Waals surface area contributed by atoms with Crippen LogP contribution in [0.3, 0.4) is 0 Å². The van der Waals surface area contributed by atoms with Crippen LogP contribution in [-0.4, -0.2) is 14.6 Å². The maximum absolute atomic E-state index is 11.7. The third-order valence-electron chi connectivity index (χ3n) is 1.82. The van der Waals surface area contributed by atoms with Crippen molar-refractivity contribution in [3.8, 4) is 0 Å². The molecule has 0 fully saturated rings. The molecule has 0 N–H and O–H groups in total. The highest BCUT2D eigenvalue weighted by Crippen LogP contribution is 2.12. The Kier molecular flexibility index (Phi) is 3.63. The van der Waals surface area contributed by atoms with Gasteiger partial charge < -0.3 is 0 Å². The minimum atomic E-state index is -3.50. The molecule has 1 aromatic carbocycles. The normalized spacial score (nSPS) is 12.5. The molecule has 0 unspecified atom stereocenters. The molecule has 0 aliphatic rings. The molecular weight excluding hydrogens is 210 g/mol. The summed E-state index contributed by atoms with van der Waals surface area (Å²) < 4.78 is 26.9. The van der Waals surface area contributed by atoms with Crippen LogP contribution in [0.1, 0.15) is 19.4 Å². The third-order valence-corrected chi connectivity index (χ3v) is 3.08. The van der Waals surface area contributed by atoms with Gasteiger partial charge in [-0.05, 0) is 25.0 Å². The Labute approximate surface area is 90.9 Å². The molecule has 0 amide bonds. The second-order valence-electron chi connectivity index (χ2n) is 3.79. The Bertz CT molecular complexity index is 444. The van der Waals surface area contributed by atoms with Gasteiger partial charge in [0.25, 0.3) is 10.0 Å². The van der Waals surface area contributed by atoms with Crippen molar-refractivity contribution < 1.29 is 8.42 Å². The largest absolute Gasteiger partial charge is 0.281 e. The van der Waals surface area contributed by atoms with Gasteiger partial charge >= 0.3 is 0 Å². The number of sulfonamides is 1. The van der Waals surface area contributed by atoms with Gasteiger partial charge in [0, 0.05) is 6.21 Å². The molecule has 0 aliphatic heterocycles. The van der Waals surface area contributed by atoms with Gasteiger partial charge in [0.2, 0.25) is 0 Å². The van der Waals surface area contributed by atoms with Crippen LogP contribution in [0.15, 0.2) is 33.6 Å². The maximum Gasteiger partial charge on any atom is 0.281 e. The van der Waals surface area contributed by atoms with Crippen LogP contribution in [0.5, 0.6) is 0 Å². The molecule has 4 heteroatoms. The highest BCUT2D eigenvalue weighted by Gasteiger charge is 2.10. The first-order valence-corrected chi connectivity index (χ1v) is 6.23. The fraction of sp³-hybridized carbons (Fsp3) is 0.364. The molecule has 1 rings (SSSR count). The molecule has 0 spiro atoms. The van der Waals surface area contributed by atoms with E-state index in [1.165, 1.54) is 6.21 Å². The van der Waals surface area contributed by atoms with E-state index in [2.05, 4.69) is 4.40 Å². The summed E-state index contributed by atoms with van der Waals surface area (Å²) in [6.45, 7) is 5.68. The average Bonchev–Trinajstić information content (AvgIpc) is 2.16. The van der Waals surface area contributed by atoms with Crippen molar-refractivity contribution in [1.29, 1.82) is 0 Å². The monoisotopic (exact) mass is 225 g/mol. The zero-order chi connectivity index (χ0) is 11.5. The number of rotatable bonds is 3. The molecule has 82 valence electrons. The van der Waals surface area contributed by atoms with Gasteiger partial charge in [-0.3, -0.25) is 0 Å². The second-order valence-corrected chi connectivity index (χ2v) is 5.42. The van der Waals surface area contributed by atoms with Gasteiger partial charge in [0.05, 0.1) is 4.90 Å². The van der Waals surface area contributed by atoms with Gasteiger partial charge in [0.1, 0.15) is 0 Å². The quantitative estimate of drug-likeness (QED) is 0.742. The van der Waals surface area contributed by atoms with Crippen LogP contribution < -0.4 is 0 Å². The lowest BCUT2D eigenvalue weighted by Gasteiger charge is -1.99. The standard InChI is InChI=1S/C11H15NO2S/c1-9(2)8-12-15(13,14)11-6-4-10(3)5-7-11/h4-9H,1-3H3/b12-8-. The summed E-state index contributed by atoms with van der Waals surface area (Å²) in [6, 6.07) is 6.67. The lowest BCUT2D eigenvalue weighted by Crippen LogP contribution is -1.99. The number of nitrogens with zero attached hydrogens (tertiary/aromatic N) is 1. The first kappa shape index (κ1) is 11.9. The summed E-state index contributed by atoms with van der Waals surface area (Å²) in [5, 5.41) is 0. The van der Waals surface area contributed by atoms with Crippen molar-refractivity contribution >= 4 is 16.2 Å². The van der Waals surface area contributed by atoms with Crippen LogP contribution in [0.2, 0.25) is 0 Å². The molecule has 0 aliphatic carbocycles. The van der Waals surface area contributed by atoms with Crippen molar-refractivity contribution in [3.63, 3.8) is 0 Å². The molecule has 0 heterocycles. The fourth-order valence-corrected chi connectivity index (χ4v) is 1.98. The molecule has 0 saturated heterocycles. The second kappa shape index (κ2) is 4.57. The summed E-state index contributed by atoms with van der Waals surface area (Å²) in [4.78, 5) is 0.241. The van der Waals surface area contributed by atoms with Crippen LogP contribution in [0, 0.1) is 12.8 Å². The Hall–Kier alpha value is -1.16. The highest BCUT2D eigenvalue weighted by molar-refractivity contribution is 7.90. The van der Waals surface area contributed by atoms with Crippen LogP contribution in [0.4, 0.5) is 0 Å². The third kappa shape index (κ3) is 3.47. The Morgan fingerprint density at radius 1 is 1.20 bits per heavy atom. The SMILES string of the molecule is Cc1ccc(S(=O)(=O)/N=C\C(C)C)cc1. The first-order valence-electron chi connectivity index (χ1n) is 4.79. The molecule has 1 aromatic rings. The number of hydrogen-bond acceptors (Lipinski definition) is 2. The van der Waals surface area contributed by atoms with Crippen molar-refractivity contribution in [2.75, 3.05) is 0 Å².